The summed E-state index contributed by atoms with van der Waals surface area (Å²) in [6, 6.07) is 9.91. The van der Waals surface area contributed by atoms with Crippen LogP contribution in [-0.4, -0.2) is 19.3 Å². The van der Waals surface area contributed by atoms with Crippen molar-refractivity contribution in [2.75, 3.05) is 0 Å². The average Bonchev–Trinajstić information content (AvgIpc) is 3.16. The maximum Gasteiger partial charge on any atom is 0.420 e. The van der Waals surface area contributed by atoms with Crippen LogP contribution in [0.1, 0.15) is 64.4 Å². The standard InChI is InChI=1S/C29H29ClF3N5O2/c1-27(2,3)26(28(4,5)6)38-24-20(8-7-10-35-24)22(36-38)16-37-11-9-21(29(31,32)33)23(25(37)39)40-19-13-17(15-34)12-18(30)14-19/h7-14,26H,16H2,1-6H3. The van der Waals surface area contributed by atoms with E-state index in [9.17, 15) is 23.2 Å². The Balaban J connectivity index is 1.86. The third kappa shape index (κ3) is 5.85. The molecule has 0 aliphatic heterocycles. The third-order valence-electron chi connectivity index (χ3n) is 6.39. The van der Waals surface area contributed by atoms with Crippen molar-refractivity contribution in [1.29, 1.82) is 5.26 Å². The molecule has 0 aliphatic carbocycles. The fourth-order valence-electron chi connectivity index (χ4n) is 5.33. The maximum atomic E-state index is 13.9. The van der Waals surface area contributed by atoms with E-state index in [-0.39, 0.29) is 39.8 Å². The van der Waals surface area contributed by atoms with Gasteiger partial charge in [0.1, 0.15) is 11.3 Å². The summed E-state index contributed by atoms with van der Waals surface area (Å²) < 4.78 is 50.2. The van der Waals surface area contributed by atoms with Gasteiger partial charge >= 0.3 is 6.18 Å². The predicted molar refractivity (Wildman–Crippen MR) is 147 cm³/mol. The van der Waals surface area contributed by atoms with Gasteiger partial charge in [-0.1, -0.05) is 53.1 Å². The van der Waals surface area contributed by atoms with Crippen molar-refractivity contribution in [3.63, 3.8) is 0 Å². The minimum Gasteiger partial charge on any atom is -0.451 e. The van der Waals surface area contributed by atoms with Gasteiger partial charge in [-0.25, -0.2) is 9.67 Å². The van der Waals surface area contributed by atoms with E-state index in [4.69, 9.17) is 21.4 Å². The van der Waals surface area contributed by atoms with Gasteiger partial charge in [-0.3, -0.25) is 4.79 Å². The molecule has 210 valence electrons. The molecule has 0 N–H and O–H groups in total. The highest BCUT2D eigenvalue weighted by atomic mass is 35.5. The lowest BCUT2D eigenvalue weighted by atomic mass is 9.72. The first-order valence-corrected chi connectivity index (χ1v) is 12.9. The monoisotopic (exact) mass is 571 g/mol. The van der Waals surface area contributed by atoms with Crippen LogP contribution in [0.2, 0.25) is 5.02 Å². The molecule has 11 heteroatoms. The highest BCUT2D eigenvalue weighted by Gasteiger charge is 2.39. The number of hydrogen-bond donors (Lipinski definition) is 0. The van der Waals surface area contributed by atoms with Crippen molar-refractivity contribution in [1.82, 2.24) is 19.3 Å². The molecule has 4 aromatic rings. The molecule has 3 heterocycles. The molecular weight excluding hydrogens is 543 g/mol. The molecule has 0 aliphatic rings. The largest absolute Gasteiger partial charge is 0.451 e. The summed E-state index contributed by atoms with van der Waals surface area (Å²) >= 11 is 6.00. The summed E-state index contributed by atoms with van der Waals surface area (Å²) in [5, 5.41) is 14.8. The highest BCUT2D eigenvalue weighted by Crippen LogP contribution is 2.45. The van der Waals surface area contributed by atoms with Crippen LogP contribution in [-0.2, 0) is 12.7 Å². The van der Waals surface area contributed by atoms with Crippen molar-refractivity contribution in [3.05, 3.63) is 81.0 Å². The lowest BCUT2D eigenvalue weighted by molar-refractivity contribution is -0.138. The molecule has 0 spiro atoms. The first-order valence-electron chi connectivity index (χ1n) is 12.5. The number of fused-ring (bicyclic) bond motifs is 1. The molecule has 0 radical (unpaired) electrons. The Hall–Kier alpha value is -3.84. The van der Waals surface area contributed by atoms with E-state index in [0.717, 1.165) is 16.8 Å². The van der Waals surface area contributed by atoms with E-state index in [2.05, 4.69) is 46.5 Å². The number of aromatic nitrogens is 4. The van der Waals surface area contributed by atoms with Gasteiger partial charge in [0.15, 0.2) is 5.65 Å². The van der Waals surface area contributed by atoms with Crippen molar-refractivity contribution >= 4 is 22.6 Å². The van der Waals surface area contributed by atoms with Gasteiger partial charge in [0.2, 0.25) is 5.75 Å². The molecule has 0 atom stereocenters. The molecule has 0 saturated heterocycles. The summed E-state index contributed by atoms with van der Waals surface area (Å²) in [5.41, 5.74) is -1.51. The molecule has 4 rings (SSSR count). The van der Waals surface area contributed by atoms with Gasteiger partial charge in [0, 0.05) is 22.8 Å². The maximum absolute atomic E-state index is 13.9. The van der Waals surface area contributed by atoms with E-state index in [1.165, 1.54) is 18.2 Å². The Morgan fingerprint density at radius 3 is 2.35 bits per heavy atom. The van der Waals surface area contributed by atoms with Crippen LogP contribution in [0, 0.1) is 22.2 Å². The second kappa shape index (κ2) is 10.3. The fraction of sp³-hybridized carbons (Fsp3) is 0.379. The van der Waals surface area contributed by atoms with E-state index >= 15 is 0 Å². The quantitative estimate of drug-likeness (QED) is 0.246. The summed E-state index contributed by atoms with van der Waals surface area (Å²) in [6.07, 6.45) is -2.14. The molecule has 0 unspecified atom stereocenters. The van der Waals surface area contributed by atoms with Crippen LogP contribution in [0.15, 0.2) is 53.6 Å². The number of pyridine rings is 2. The fourth-order valence-corrected chi connectivity index (χ4v) is 5.56. The summed E-state index contributed by atoms with van der Waals surface area (Å²) in [7, 11) is 0. The Kier molecular flexibility index (Phi) is 7.50. The Bertz CT molecular complexity index is 1660. The first kappa shape index (κ1) is 29.2. The van der Waals surface area contributed by atoms with E-state index in [0.29, 0.717) is 16.7 Å². The van der Waals surface area contributed by atoms with Crippen molar-refractivity contribution in [3.8, 4) is 17.6 Å². The van der Waals surface area contributed by atoms with Crippen LogP contribution >= 0.6 is 11.6 Å². The Labute approximate surface area is 234 Å². The van der Waals surface area contributed by atoms with Gasteiger partial charge < -0.3 is 9.30 Å². The lowest BCUT2D eigenvalue weighted by Crippen LogP contribution is -2.36. The molecule has 0 saturated carbocycles. The number of ether oxygens (including phenoxy) is 1. The topological polar surface area (TPSA) is 85.7 Å². The summed E-state index contributed by atoms with van der Waals surface area (Å²) in [5.74, 6) is -1.09. The van der Waals surface area contributed by atoms with E-state index in [1.54, 1.807) is 12.3 Å². The van der Waals surface area contributed by atoms with E-state index < -0.39 is 23.0 Å². The van der Waals surface area contributed by atoms with E-state index in [1.807, 2.05) is 16.8 Å². The third-order valence-corrected chi connectivity index (χ3v) is 6.61. The first-order chi connectivity index (χ1) is 18.5. The molecule has 40 heavy (non-hydrogen) atoms. The van der Waals surface area contributed by atoms with Crippen molar-refractivity contribution < 1.29 is 17.9 Å². The Morgan fingerprint density at radius 2 is 1.75 bits per heavy atom. The van der Waals surface area contributed by atoms with Gasteiger partial charge in [-0.15, -0.1) is 0 Å². The number of benzene rings is 1. The van der Waals surface area contributed by atoms with Crippen molar-refractivity contribution in [2.45, 2.75) is 60.3 Å². The van der Waals surface area contributed by atoms with Crippen LogP contribution in [0.5, 0.6) is 11.5 Å². The zero-order chi connectivity index (χ0) is 29.6. The predicted octanol–water partition coefficient (Wildman–Crippen LogP) is 7.61. The Morgan fingerprint density at radius 1 is 1.07 bits per heavy atom. The van der Waals surface area contributed by atoms with Crippen molar-refractivity contribution in [2.24, 2.45) is 10.8 Å². The molecule has 3 aromatic heterocycles. The van der Waals surface area contributed by atoms with Crippen LogP contribution in [0.25, 0.3) is 11.0 Å². The average molecular weight is 572 g/mol. The minimum atomic E-state index is -4.87. The zero-order valence-electron chi connectivity index (χ0n) is 23.0. The molecule has 7 nitrogen and oxygen atoms in total. The number of hydrogen-bond acceptors (Lipinski definition) is 5. The number of halogens is 4. The zero-order valence-corrected chi connectivity index (χ0v) is 23.7. The smallest absolute Gasteiger partial charge is 0.420 e. The van der Waals surface area contributed by atoms with Gasteiger partial charge in [-0.2, -0.15) is 23.5 Å². The molecule has 0 amide bonds. The lowest BCUT2D eigenvalue weighted by Gasteiger charge is -2.40. The van der Waals surface area contributed by atoms with Gasteiger partial charge in [0.25, 0.3) is 5.56 Å². The van der Waals surface area contributed by atoms with Gasteiger partial charge in [-0.05, 0) is 47.2 Å². The number of alkyl halides is 3. The second-order valence-corrected chi connectivity index (χ2v) is 12.2. The summed E-state index contributed by atoms with van der Waals surface area (Å²) in [4.78, 5) is 18.0. The number of nitrogens with zero attached hydrogens (tertiary/aromatic N) is 5. The second-order valence-electron chi connectivity index (χ2n) is 11.8. The number of nitriles is 1. The summed E-state index contributed by atoms with van der Waals surface area (Å²) in [6.45, 7) is 12.5. The van der Waals surface area contributed by atoms with Crippen LogP contribution in [0.4, 0.5) is 13.2 Å². The van der Waals surface area contributed by atoms with Crippen LogP contribution in [0.3, 0.4) is 0 Å². The SMILES string of the molecule is CC(C)(C)C(n1nc(Cn2ccc(C(F)(F)F)c(Oc3cc(Cl)cc(C#N)c3)c2=O)c2cccnc21)C(C)(C)C. The minimum absolute atomic E-state index is 0.0732. The van der Waals surface area contributed by atoms with Crippen LogP contribution < -0.4 is 10.3 Å². The highest BCUT2D eigenvalue weighted by molar-refractivity contribution is 6.30. The number of rotatable bonds is 5. The molecular formula is C29H29ClF3N5O2. The normalized spacial score (nSPS) is 12.7. The molecule has 0 fully saturated rings. The molecule has 1 aromatic carbocycles. The van der Waals surface area contributed by atoms with Gasteiger partial charge in [0.05, 0.1) is 29.9 Å². The molecule has 0 bridgehead atoms.